The summed E-state index contributed by atoms with van der Waals surface area (Å²) in [4.78, 5) is 27.7. The Morgan fingerprint density at radius 1 is 1.43 bits per heavy atom. The number of ether oxygens (including phenoxy) is 1. The molecule has 2 rings (SSSR count). The molecule has 2 aromatic heterocycles. The van der Waals surface area contributed by atoms with Gasteiger partial charge in [-0.3, -0.25) is 9.59 Å². The van der Waals surface area contributed by atoms with Crippen LogP contribution in [0.25, 0.3) is 0 Å². The van der Waals surface area contributed by atoms with Crippen molar-refractivity contribution in [2.45, 2.75) is 13.5 Å². The lowest BCUT2D eigenvalue weighted by atomic mass is 10.2. The Labute approximate surface area is 122 Å². The van der Waals surface area contributed by atoms with Gasteiger partial charge in [0, 0.05) is 43.2 Å². The van der Waals surface area contributed by atoms with E-state index in [9.17, 15) is 9.59 Å². The molecule has 110 valence electrons. The molecule has 0 spiro atoms. The number of hydrogen-bond donors (Lipinski definition) is 1. The molecule has 0 aliphatic rings. The average Bonchev–Trinajstić information content (AvgIpc) is 2.49. The van der Waals surface area contributed by atoms with Gasteiger partial charge < -0.3 is 14.6 Å². The number of amides is 1. The minimum atomic E-state index is -0.306. The summed E-state index contributed by atoms with van der Waals surface area (Å²) in [5, 5.41) is 2.75. The molecule has 0 aromatic carbocycles. The van der Waals surface area contributed by atoms with Gasteiger partial charge in [-0.15, -0.1) is 0 Å². The first-order chi connectivity index (χ1) is 10.1. The lowest BCUT2D eigenvalue weighted by molar-refractivity contribution is 0.0950. The third kappa shape index (κ3) is 3.68. The van der Waals surface area contributed by atoms with Crippen molar-refractivity contribution in [1.29, 1.82) is 0 Å². The van der Waals surface area contributed by atoms with Crippen LogP contribution in [0.2, 0.25) is 0 Å². The standard InChI is InChI=1S/C15H17N3O3/c1-3-21-15-12(5-4-7-16-15)10-17-14(20)11-6-8-18(2)13(19)9-11/h4-9H,3,10H2,1-2H3,(H,17,20). The van der Waals surface area contributed by atoms with Gasteiger partial charge in [0.15, 0.2) is 0 Å². The highest BCUT2D eigenvalue weighted by atomic mass is 16.5. The average molecular weight is 287 g/mol. The maximum absolute atomic E-state index is 12.0. The normalized spacial score (nSPS) is 10.2. The summed E-state index contributed by atoms with van der Waals surface area (Å²) >= 11 is 0. The zero-order chi connectivity index (χ0) is 15.2. The quantitative estimate of drug-likeness (QED) is 0.894. The minimum absolute atomic E-state index is 0.223. The summed E-state index contributed by atoms with van der Waals surface area (Å²) in [6.45, 7) is 2.67. The fourth-order valence-electron chi connectivity index (χ4n) is 1.79. The van der Waals surface area contributed by atoms with Gasteiger partial charge in [0.05, 0.1) is 6.61 Å². The molecule has 6 nitrogen and oxygen atoms in total. The van der Waals surface area contributed by atoms with Crippen LogP contribution in [0, 0.1) is 0 Å². The van der Waals surface area contributed by atoms with E-state index in [2.05, 4.69) is 10.3 Å². The van der Waals surface area contributed by atoms with Gasteiger partial charge in [-0.05, 0) is 19.1 Å². The first-order valence-corrected chi connectivity index (χ1v) is 6.63. The highest BCUT2D eigenvalue weighted by Crippen LogP contribution is 2.13. The smallest absolute Gasteiger partial charge is 0.251 e. The molecule has 0 bridgehead atoms. The number of nitrogens with one attached hydrogen (secondary N) is 1. The molecule has 1 amide bonds. The highest BCUT2D eigenvalue weighted by molar-refractivity contribution is 5.93. The Morgan fingerprint density at radius 2 is 2.24 bits per heavy atom. The molecule has 21 heavy (non-hydrogen) atoms. The van der Waals surface area contributed by atoms with Crippen molar-refractivity contribution in [2.24, 2.45) is 7.05 Å². The number of rotatable bonds is 5. The lowest BCUT2D eigenvalue weighted by Gasteiger charge is -2.10. The summed E-state index contributed by atoms with van der Waals surface area (Å²) in [7, 11) is 1.63. The van der Waals surface area contributed by atoms with Gasteiger partial charge in [0.25, 0.3) is 11.5 Å². The molecule has 0 radical (unpaired) electrons. The maximum Gasteiger partial charge on any atom is 0.251 e. The van der Waals surface area contributed by atoms with E-state index in [0.717, 1.165) is 5.56 Å². The largest absolute Gasteiger partial charge is 0.478 e. The van der Waals surface area contributed by atoms with E-state index in [4.69, 9.17) is 4.74 Å². The van der Waals surface area contributed by atoms with E-state index in [1.54, 1.807) is 31.6 Å². The number of aryl methyl sites for hydroxylation is 1. The van der Waals surface area contributed by atoms with Crippen LogP contribution in [0.1, 0.15) is 22.8 Å². The second-order valence-corrected chi connectivity index (χ2v) is 4.45. The van der Waals surface area contributed by atoms with Crippen molar-refractivity contribution in [1.82, 2.24) is 14.9 Å². The molecule has 2 aromatic rings. The van der Waals surface area contributed by atoms with Crippen LogP contribution in [0.3, 0.4) is 0 Å². The topological polar surface area (TPSA) is 73.2 Å². The molecule has 0 unspecified atom stereocenters. The van der Waals surface area contributed by atoms with Gasteiger partial charge >= 0.3 is 0 Å². The molecule has 6 heteroatoms. The Morgan fingerprint density at radius 3 is 2.95 bits per heavy atom. The Bertz CT molecular complexity index is 695. The van der Waals surface area contributed by atoms with Crippen LogP contribution in [-0.2, 0) is 13.6 Å². The zero-order valence-electron chi connectivity index (χ0n) is 12.0. The molecule has 0 saturated carbocycles. The van der Waals surface area contributed by atoms with Gasteiger partial charge in [-0.25, -0.2) is 4.98 Å². The van der Waals surface area contributed by atoms with Gasteiger partial charge in [-0.2, -0.15) is 0 Å². The fourth-order valence-corrected chi connectivity index (χ4v) is 1.79. The van der Waals surface area contributed by atoms with Crippen molar-refractivity contribution in [3.8, 4) is 5.88 Å². The molecule has 0 aliphatic heterocycles. The maximum atomic E-state index is 12.0. The van der Waals surface area contributed by atoms with Crippen LogP contribution in [0.4, 0.5) is 0 Å². The van der Waals surface area contributed by atoms with Gasteiger partial charge in [0.2, 0.25) is 5.88 Å². The Hall–Kier alpha value is -2.63. The molecule has 1 N–H and O–H groups in total. The third-order valence-corrected chi connectivity index (χ3v) is 2.94. The Kier molecular flexibility index (Phi) is 4.71. The number of aromatic nitrogens is 2. The van der Waals surface area contributed by atoms with Crippen LogP contribution >= 0.6 is 0 Å². The number of carbonyl (C=O) groups excluding carboxylic acids is 1. The van der Waals surface area contributed by atoms with Crippen LogP contribution < -0.4 is 15.6 Å². The number of pyridine rings is 2. The van der Waals surface area contributed by atoms with Gasteiger partial charge in [-0.1, -0.05) is 6.07 Å². The fraction of sp³-hybridized carbons (Fsp3) is 0.267. The van der Waals surface area contributed by atoms with Crippen LogP contribution in [-0.4, -0.2) is 22.1 Å². The highest BCUT2D eigenvalue weighted by Gasteiger charge is 2.09. The summed E-state index contributed by atoms with van der Waals surface area (Å²) in [5.41, 5.74) is 0.899. The SMILES string of the molecule is CCOc1ncccc1CNC(=O)c1ccn(C)c(=O)c1. The molecule has 0 aliphatic carbocycles. The summed E-state index contributed by atoms with van der Waals surface area (Å²) in [6.07, 6.45) is 3.20. The predicted octanol–water partition coefficient (Wildman–Crippen LogP) is 1.11. The van der Waals surface area contributed by atoms with Crippen molar-refractivity contribution >= 4 is 5.91 Å². The molecule has 2 heterocycles. The van der Waals surface area contributed by atoms with Crippen LogP contribution in [0.15, 0.2) is 41.5 Å². The van der Waals surface area contributed by atoms with E-state index in [1.807, 2.05) is 13.0 Å². The van der Waals surface area contributed by atoms with Crippen molar-refractivity contribution in [3.63, 3.8) is 0 Å². The van der Waals surface area contributed by atoms with Gasteiger partial charge in [0.1, 0.15) is 0 Å². The first-order valence-electron chi connectivity index (χ1n) is 6.63. The van der Waals surface area contributed by atoms with Crippen molar-refractivity contribution in [2.75, 3.05) is 6.61 Å². The predicted molar refractivity (Wildman–Crippen MR) is 78.3 cm³/mol. The lowest BCUT2D eigenvalue weighted by Crippen LogP contribution is -2.26. The van der Waals surface area contributed by atoms with E-state index in [0.29, 0.717) is 18.1 Å². The van der Waals surface area contributed by atoms with E-state index in [1.165, 1.54) is 10.6 Å². The summed E-state index contributed by atoms with van der Waals surface area (Å²) < 4.78 is 6.80. The third-order valence-electron chi connectivity index (χ3n) is 2.94. The van der Waals surface area contributed by atoms with Crippen molar-refractivity contribution < 1.29 is 9.53 Å². The number of nitrogens with zero attached hydrogens (tertiary/aromatic N) is 2. The van der Waals surface area contributed by atoms with E-state index >= 15 is 0 Å². The zero-order valence-corrected chi connectivity index (χ0v) is 12.0. The summed E-state index contributed by atoms with van der Waals surface area (Å²) in [6, 6.07) is 6.52. The number of carbonyl (C=O) groups is 1. The monoisotopic (exact) mass is 287 g/mol. The molecule has 0 fully saturated rings. The molecular weight excluding hydrogens is 270 g/mol. The second kappa shape index (κ2) is 6.69. The van der Waals surface area contributed by atoms with Crippen LogP contribution in [0.5, 0.6) is 5.88 Å². The molecular formula is C15H17N3O3. The Balaban J connectivity index is 2.07. The van der Waals surface area contributed by atoms with Crippen molar-refractivity contribution in [3.05, 3.63) is 58.1 Å². The first kappa shape index (κ1) is 14.8. The molecule has 0 atom stereocenters. The van der Waals surface area contributed by atoms with E-state index < -0.39 is 0 Å². The minimum Gasteiger partial charge on any atom is -0.478 e. The number of hydrogen-bond acceptors (Lipinski definition) is 4. The molecule has 0 saturated heterocycles. The summed E-state index contributed by atoms with van der Waals surface area (Å²) in [5.74, 6) is 0.197. The van der Waals surface area contributed by atoms with E-state index in [-0.39, 0.29) is 18.0 Å². The second-order valence-electron chi connectivity index (χ2n) is 4.45.